The number of H-pyrrole nitrogens is 1. The van der Waals surface area contributed by atoms with E-state index in [1.165, 1.54) is 0 Å². The molecule has 2 aromatic carbocycles. The number of ether oxygens (including phenoxy) is 2. The Morgan fingerprint density at radius 1 is 1.16 bits per heavy atom. The zero-order chi connectivity index (χ0) is 22.1. The van der Waals surface area contributed by atoms with E-state index in [4.69, 9.17) is 14.0 Å². The number of aromatic amines is 1. The number of hydrogen-bond acceptors (Lipinski definition) is 6. The maximum Gasteiger partial charge on any atom is 0.258 e. The maximum atomic E-state index is 12.6. The van der Waals surface area contributed by atoms with Crippen LogP contribution in [0.15, 0.2) is 53.2 Å². The summed E-state index contributed by atoms with van der Waals surface area (Å²) in [4.78, 5) is 22.3. The molecule has 1 fully saturated rings. The Morgan fingerprint density at radius 3 is 2.88 bits per heavy atom. The summed E-state index contributed by atoms with van der Waals surface area (Å²) < 4.78 is 16.2. The fourth-order valence-electron chi connectivity index (χ4n) is 4.24. The van der Waals surface area contributed by atoms with E-state index >= 15 is 0 Å². The van der Waals surface area contributed by atoms with Gasteiger partial charge in [-0.2, -0.15) is 4.98 Å². The highest BCUT2D eigenvalue weighted by atomic mass is 16.5. The van der Waals surface area contributed by atoms with Crippen LogP contribution in [0.2, 0.25) is 0 Å². The lowest BCUT2D eigenvalue weighted by Gasteiger charge is -2.16. The number of carbonyl (C=O) groups excluding carboxylic acids is 1. The van der Waals surface area contributed by atoms with Gasteiger partial charge in [0.05, 0.1) is 14.2 Å². The van der Waals surface area contributed by atoms with Crippen molar-refractivity contribution < 1.29 is 18.8 Å². The van der Waals surface area contributed by atoms with E-state index in [1.807, 2.05) is 53.6 Å². The number of aromatic nitrogens is 3. The van der Waals surface area contributed by atoms with E-state index in [-0.39, 0.29) is 11.8 Å². The lowest BCUT2D eigenvalue weighted by molar-refractivity contribution is -0.127. The Balaban J connectivity index is 1.27. The van der Waals surface area contributed by atoms with Crippen LogP contribution < -0.4 is 9.47 Å². The van der Waals surface area contributed by atoms with Crippen molar-refractivity contribution in [1.82, 2.24) is 20.0 Å². The van der Waals surface area contributed by atoms with E-state index in [2.05, 4.69) is 15.1 Å². The number of fused-ring (bicyclic) bond motifs is 1. The van der Waals surface area contributed by atoms with Gasteiger partial charge in [-0.1, -0.05) is 17.3 Å². The van der Waals surface area contributed by atoms with Crippen LogP contribution in [0.5, 0.6) is 11.5 Å². The van der Waals surface area contributed by atoms with E-state index in [1.54, 1.807) is 14.2 Å². The molecule has 1 aliphatic rings. The maximum absolute atomic E-state index is 12.6. The Morgan fingerprint density at radius 2 is 2.03 bits per heavy atom. The summed E-state index contributed by atoms with van der Waals surface area (Å²) in [7, 11) is 3.23. The van der Waals surface area contributed by atoms with Gasteiger partial charge in [-0.25, -0.2) is 0 Å². The first kappa shape index (κ1) is 20.1. The number of hydrogen-bond donors (Lipinski definition) is 1. The highest BCUT2D eigenvalue weighted by molar-refractivity contribution is 5.92. The van der Waals surface area contributed by atoms with Gasteiger partial charge in [-0.05, 0) is 42.3 Å². The summed E-state index contributed by atoms with van der Waals surface area (Å²) in [6, 6.07) is 13.7. The van der Waals surface area contributed by atoms with Crippen molar-refractivity contribution in [2.45, 2.75) is 18.8 Å². The minimum absolute atomic E-state index is 0.0733. The first-order valence-electron chi connectivity index (χ1n) is 10.5. The van der Waals surface area contributed by atoms with Crippen molar-refractivity contribution in [3.63, 3.8) is 0 Å². The van der Waals surface area contributed by atoms with Crippen LogP contribution in [0, 0.1) is 0 Å². The van der Waals surface area contributed by atoms with Gasteiger partial charge in [0.25, 0.3) is 5.89 Å². The number of nitrogens with one attached hydrogen (secondary N) is 1. The van der Waals surface area contributed by atoms with E-state index in [9.17, 15) is 4.79 Å². The second-order valence-electron chi connectivity index (χ2n) is 7.88. The smallest absolute Gasteiger partial charge is 0.258 e. The predicted octanol–water partition coefficient (Wildman–Crippen LogP) is 3.79. The molecule has 1 saturated heterocycles. The molecule has 1 atom stereocenters. The summed E-state index contributed by atoms with van der Waals surface area (Å²) >= 11 is 0. The molecule has 1 amide bonds. The number of nitrogens with zero attached hydrogens (tertiary/aromatic N) is 3. The van der Waals surface area contributed by atoms with E-state index in [0.717, 1.165) is 28.5 Å². The van der Waals surface area contributed by atoms with Gasteiger partial charge in [0.1, 0.15) is 0 Å². The third kappa shape index (κ3) is 3.68. The molecule has 8 nitrogen and oxygen atoms in total. The van der Waals surface area contributed by atoms with Crippen LogP contribution in [0.25, 0.3) is 22.4 Å². The van der Waals surface area contributed by atoms with E-state index < -0.39 is 0 Å². The van der Waals surface area contributed by atoms with Gasteiger partial charge in [0, 0.05) is 48.1 Å². The molecule has 0 aliphatic carbocycles. The van der Waals surface area contributed by atoms with Gasteiger partial charge in [-0.15, -0.1) is 0 Å². The fraction of sp³-hybridized carbons (Fsp3) is 0.292. The lowest BCUT2D eigenvalue weighted by atomic mass is 10.1. The molecular formula is C24H24N4O4. The zero-order valence-electron chi connectivity index (χ0n) is 18.0. The van der Waals surface area contributed by atoms with Crippen molar-refractivity contribution in [2.75, 3.05) is 27.3 Å². The minimum atomic E-state index is -0.0733. The van der Waals surface area contributed by atoms with Crippen LogP contribution >= 0.6 is 0 Å². The molecule has 0 saturated carbocycles. The largest absolute Gasteiger partial charge is 0.493 e. The first-order valence-corrected chi connectivity index (χ1v) is 10.5. The summed E-state index contributed by atoms with van der Waals surface area (Å²) in [5.74, 6) is 2.46. The summed E-state index contributed by atoms with van der Waals surface area (Å²) in [6.07, 6.45) is 3.00. The Hall–Kier alpha value is -3.81. The normalized spacial score (nSPS) is 16.1. The number of likely N-dealkylation sites (tertiary alicyclic amines) is 1. The van der Waals surface area contributed by atoms with Crippen molar-refractivity contribution in [2.24, 2.45) is 0 Å². The number of benzene rings is 2. The van der Waals surface area contributed by atoms with Crippen LogP contribution in [0.3, 0.4) is 0 Å². The van der Waals surface area contributed by atoms with Gasteiger partial charge in [0.15, 0.2) is 17.3 Å². The number of rotatable bonds is 7. The molecule has 164 valence electrons. The van der Waals surface area contributed by atoms with Gasteiger partial charge in [-0.3, -0.25) is 4.79 Å². The molecule has 1 unspecified atom stereocenters. The monoisotopic (exact) mass is 432 g/mol. The quantitative estimate of drug-likeness (QED) is 0.478. The van der Waals surface area contributed by atoms with Crippen LogP contribution in [0.4, 0.5) is 0 Å². The highest BCUT2D eigenvalue weighted by Gasteiger charge is 2.33. The van der Waals surface area contributed by atoms with Crippen molar-refractivity contribution in [1.29, 1.82) is 0 Å². The van der Waals surface area contributed by atoms with E-state index in [0.29, 0.717) is 42.7 Å². The lowest BCUT2D eigenvalue weighted by Crippen LogP contribution is -2.27. The number of methoxy groups -OCH3 is 2. The topological polar surface area (TPSA) is 93.5 Å². The van der Waals surface area contributed by atoms with Gasteiger partial charge < -0.3 is 23.9 Å². The molecular weight excluding hydrogens is 408 g/mol. The minimum Gasteiger partial charge on any atom is -0.493 e. The van der Waals surface area contributed by atoms with Crippen molar-refractivity contribution in [3.05, 3.63) is 60.0 Å². The van der Waals surface area contributed by atoms with Crippen molar-refractivity contribution >= 4 is 16.8 Å². The molecule has 2 aromatic heterocycles. The number of carbonyl (C=O) groups is 1. The first-order chi connectivity index (χ1) is 15.7. The SMILES string of the molecule is COc1ccc(CCN2CC(c3noc(-c4cccc5[nH]ccc45)n3)CC2=O)cc1OC. The standard InChI is InChI=1S/C24H24N4O4/c1-30-20-7-6-15(12-21(20)31-2)9-11-28-14-16(13-22(28)29)23-26-24(32-27-23)18-4-3-5-19-17(18)8-10-25-19/h3-8,10,12,16,25H,9,11,13-14H2,1-2H3. The number of amides is 1. The van der Waals surface area contributed by atoms with Gasteiger partial charge in [0.2, 0.25) is 5.91 Å². The van der Waals surface area contributed by atoms with Crippen LogP contribution in [-0.4, -0.2) is 53.2 Å². The molecule has 0 bridgehead atoms. The summed E-state index contributed by atoms with van der Waals surface area (Å²) in [5.41, 5.74) is 2.98. The molecule has 4 aromatic rings. The third-order valence-electron chi connectivity index (χ3n) is 5.97. The van der Waals surface area contributed by atoms with Gasteiger partial charge >= 0.3 is 0 Å². The Labute approximate surface area is 185 Å². The second kappa shape index (κ2) is 8.37. The van der Waals surface area contributed by atoms with Crippen LogP contribution in [-0.2, 0) is 11.2 Å². The predicted molar refractivity (Wildman–Crippen MR) is 119 cm³/mol. The Bertz CT molecular complexity index is 1260. The average molecular weight is 432 g/mol. The molecule has 0 radical (unpaired) electrons. The molecule has 0 spiro atoms. The molecule has 32 heavy (non-hydrogen) atoms. The van der Waals surface area contributed by atoms with Crippen molar-refractivity contribution in [3.8, 4) is 23.0 Å². The van der Waals surface area contributed by atoms with Crippen LogP contribution in [0.1, 0.15) is 23.7 Å². The zero-order valence-corrected chi connectivity index (χ0v) is 18.0. The summed E-state index contributed by atoms with van der Waals surface area (Å²) in [5, 5.41) is 5.22. The molecule has 3 heterocycles. The molecule has 8 heteroatoms. The molecule has 5 rings (SSSR count). The Kier molecular flexibility index (Phi) is 5.26. The summed E-state index contributed by atoms with van der Waals surface area (Å²) in [6.45, 7) is 1.21. The third-order valence-corrected chi connectivity index (χ3v) is 5.97. The molecule has 1 aliphatic heterocycles. The average Bonchev–Trinajstić information content (AvgIpc) is 3.56. The molecule has 1 N–H and O–H groups in total. The fourth-order valence-corrected chi connectivity index (χ4v) is 4.24. The second-order valence-corrected chi connectivity index (χ2v) is 7.88. The highest BCUT2D eigenvalue weighted by Crippen LogP contribution is 2.32.